The fourth-order valence-electron chi connectivity index (χ4n) is 3.40. The van der Waals surface area contributed by atoms with Crippen molar-refractivity contribution in [1.29, 1.82) is 0 Å². The molecule has 0 bridgehead atoms. The zero-order valence-corrected chi connectivity index (χ0v) is 19.8. The van der Waals surface area contributed by atoms with Crippen molar-refractivity contribution in [2.24, 2.45) is 0 Å². The van der Waals surface area contributed by atoms with Crippen LogP contribution < -0.4 is 0 Å². The lowest BCUT2D eigenvalue weighted by Gasteiger charge is -2.02. The van der Waals surface area contributed by atoms with Crippen molar-refractivity contribution in [3.8, 4) is 41.8 Å². The van der Waals surface area contributed by atoms with Crippen molar-refractivity contribution in [2.45, 2.75) is 0 Å². The van der Waals surface area contributed by atoms with Crippen LogP contribution in [0.15, 0.2) is 102 Å². The van der Waals surface area contributed by atoms with E-state index in [0.717, 1.165) is 15.1 Å². The third-order valence-corrected chi connectivity index (χ3v) is 8.30. The smallest absolute Gasteiger partial charge is 0.0492 e. The van der Waals surface area contributed by atoms with Gasteiger partial charge in [0.1, 0.15) is 0 Å². The topological polar surface area (TPSA) is 0 Å². The van der Waals surface area contributed by atoms with E-state index in [9.17, 15) is 0 Å². The Morgan fingerprint density at radius 3 is 1.53 bits per heavy atom. The molecule has 5 aromatic rings. The van der Waals surface area contributed by atoms with Gasteiger partial charge in [-0.05, 0) is 47.5 Å². The number of hydrogen-bond acceptors (Lipinski definition) is 2. The molecule has 0 aliphatic carbocycles. The average molecular weight is 508 g/mol. The highest BCUT2D eigenvalue weighted by molar-refractivity contribution is 9.10. The maximum atomic E-state index is 6.36. The minimum absolute atomic E-state index is 0.791. The number of benzene rings is 3. The van der Waals surface area contributed by atoms with Gasteiger partial charge in [-0.15, -0.1) is 22.7 Å². The molecule has 0 saturated heterocycles. The lowest BCUT2D eigenvalue weighted by Crippen LogP contribution is -1.75. The first-order valence-electron chi connectivity index (χ1n) is 9.49. The minimum Gasteiger partial charge on any atom is -0.135 e. The highest BCUT2D eigenvalue weighted by atomic mass is 79.9. The largest absolute Gasteiger partial charge is 0.135 e. The molecule has 0 fully saturated rings. The normalized spacial score (nSPS) is 11.0. The first-order valence-corrected chi connectivity index (χ1v) is 12.3. The summed E-state index contributed by atoms with van der Waals surface area (Å²) in [6.45, 7) is 0. The molecule has 2 aromatic heterocycles. The Kier molecular flexibility index (Phi) is 5.62. The van der Waals surface area contributed by atoms with E-state index in [2.05, 4.69) is 88.7 Å². The van der Waals surface area contributed by atoms with Gasteiger partial charge in [0.05, 0.1) is 0 Å². The minimum atomic E-state index is 0.791. The van der Waals surface area contributed by atoms with Gasteiger partial charge in [0, 0.05) is 40.1 Å². The van der Waals surface area contributed by atoms with E-state index in [0.29, 0.717) is 0 Å². The quantitative estimate of drug-likeness (QED) is 0.227. The average Bonchev–Trinajstić information content (AvgIpc) is 3.45. The number of thiophene rings is 2. The van der Waals surface area contributed by atoms with E-state index >= 15 is 0 Å². The van der Waals surface area contributed by atoms with Gasteiger partial charge in [0.15, 0.2) is 0 Å². The number of rotatable bonds is 4. The Bertz CT molecular complexity index is 1210. The molecule has 0 N–H and O–H groups in total. The Morgan fingerprint density at radius 1 is 0.500 bits per heavy atom. The summed E-state index contributed by atoms with van der Waals surface area (Å²) in [6.07, 6.45) is 0. The van der Waals surface area contributed by atoms with E-state index < -0.39 is 0 Å². The molecule has 0 radical (unpaired) electrons. The summed E-state index contributed by atoms with van der Waals surface area (Å²) in [5.41, 5.74) is 4.79. The van der Waals surface area contributed by atoms with E-state index in [-0.39, 0.29) is 0 Å². The molecule has 3 aromatic carbocycles. The Morgan fingerprint density at radius 2 is 0.967 bits per heavy atom. The molecule has 0 nitrogen and oxygen atoms in total. The van der Waals surface area contributed by atoms with Crippen LogP contribution in [-0.4, -0.2) is 0 Å². The van der Waals surface area contributed by atoms with E-state index in [1.165, 1.54) is 36.2 Å². The zero-order chi connectivity index (χ0) is 20.5. The third kappa shape index (κ3) is 3.91. The first kappa shape index (κ1) is 19.8. The highest BCUT2D eigenvalue weighted by Gasteiger charge is 2.10. The molecule has 146 valence electrons. The SMILES string of the molecule is Clc1ccccc1-c1ccc(-c2ccc(-c3ccc(-c4ccccc4Br)s3)cc2)s1. The van der Waals surface area contributed by atoms with Gasteiger partial charge in [-0.1, -0.05) is 88.2 Å². The van der Waals surface area contributed by atoms with E-state index in [1.807, 2.05) is 35.6 Å². The first-order chi connectivity index (χ1) is 14.7. The predicted molar refractivity (Wildman–Crippen MR) is 137 cm³/mol. The molecule has 0 aliphatic rings. The van der Waals surface area contributed by atoms with Gasteiger partial charge >= 0.3 is 0 Å². The van der Waals surface area contributed by atoms with Crippen molar-refractivity contribution in [1.82, 2.24) is 0 Å². The Balaban J connectivity index is 1.41. The van der Waals surface area contributed by atoms with Gasteiger partial charge < -0.3 is 0 Å². The summed E-state index contributed by atoms with van der Waals surface area (Å²) < 4.78 is 1.13. The molecule has 0 aliphatic heterocycles. The summed E-state index contributed by atoms with van der Waals surface area (Å²) >= 11 is 13.6. The monoisotopic (exact) mass is 506 g/mol. The molecule has 2 heterocycles. The van der Waals surface area contributed by atoms with Crippen molar-refractivity contribution in [2.75, 3.05) is 0 Å². The number of halogens is 2. The highest BCUT2D eigenvalue weighted by Crippen LogP contribution is 2.40. The Hall–Kier alpha value is -2.17. The van der Waals surface area contributed by atoms with Crippen LogP contribution in [0.3, 0.4) is 0 Å². The summed E-state index contributed by atoms with van der Waals surface area (Å²) in [5.74, 6) is 0. The van der Waals surface area contributed by atoms with Crippen molar-refractivity contribution in [3.05, 3.63) is 107 Å². The second kappa shape index (κ2) is 8.52. The van der Waals surface area contributed by atoms with Crippen LogP contribution in [0, 0.1) is 0 Å². The lowest BCUT2D eigenvalue weighted by molar-refractivity contribution is 1.64. The molecular formula is C26H16BrClS2. The van der Waals surface area contributed by atoms with Crippen LogP contribution in [0.5, 0.6) is 0 Å². The molecule has 30 heavy (non-hydrogen) atoms. The second-order valence-corrected chi connectivity index (χ2v) is 10.3. The van der Waals surface area contributed by atoms with Gasteiger partial charge in [-0.25, -0.2) is 0 Å². The molecular weight excluding hydrogens is 492 g/mol. The summed E-state index contributed by atoms with van der Waals surface area (Å²) in [6, 6.07) is 33.9. The van der Waals surface area contributed by atoms with E-state index in [4.69, 9.17) is 11.6 Å². The fourth-order valence-corrected chi connectivity index (χ4v) is 6.42. The van der Waals surface area contributed by atoms with Crippen LogP contribution in [0.4, 0.5) is 0 Å². The Labute approximate surface area is 197 Å². The summed E-state index contributed by atoms with van der Waals surface area (Å²) in [7, 11) is 0. The van der Waals surface area contributed by atoms with Crippen molar-refractivity contribution >= 4 is 50.2 Å². The van der Waals surface area contributed by atoms with Crippen LogP contribution in [0.2, 0.25) is 5.02 Å². The predicted octanol–water partition coefficient (Wildman–Crippen LogP) is 9.89. The lowest BCUT2D eigenvalue weighted by atomic mass is 10.1. The summed E-state index contributed by atoms with van der Waals surface area (Å²) in [5, 5.41) is 0.791. The fraction of sp³-hybridized carbons (Fsp3) is 0. The molecule has 0 unspecified atom stereocenters. The zero-order valence-electron chi connectivity index (χ0n) is 15.8. The molecule has 5 rings (SSSR count). The molecule has 4 heteroatoms. The van der Waals surface area contributed by atoms with Gasteiger partial charge in [-0.3, -0.25) is 0 Å². The van der Waals surface area contributed by atoms with Crippen LogP contribution in [-0.2, 0) is 0 Å². The van der Waals surface area contributed by atoms with Crippen LogP contribution >= 0.6 is 50.2 Å². The molecule has 0 saturated carbocycles. The second-order valence-electron chi connectivity index (χ2n) is 6.86. The number of hydrogen-bond donors (Lipinski definition) is 0. The third-order valence-electron chi connectivity index (χ3n) is 4.94. The van der Waals surface area contributed by atoms with Crippen molar-refractivity contribution < 1.29 is 0 Å². The van der Waals surface area contributed by atoms with Crippen LogP contribution in [0.1, 0.15) is 0 Å². The van der Waals surface area contributed by atoms with E-state index in [1.54, 1.807) is 11.3 Å². The maximum absolute atomic E-state index is 6.36. The standard InChI is InChI=1S/C26H16BrClS2/c27-21-7-3-1-5-19(21)25-15-13-23(29-25)17-9-11-18(12-10-17)24-14-16-26(30-24)20-6-2-4-8-22(20)28/h1-16H. The maximum Gasteiger partial charge on any atom is 0.0492 e. The van der Waals surface area contributed by atoms with Gasteiger partial charge in [-0.2, -0.15) is 0 Å². The molecule has 0 atom stereocenters. The molecule has 0 amide bonds. The van der Waals surface area contributed by atoms with Crippen molar-refractivity contribution in [3.63, 3.8) is 0 Å². The van der Waals surface area contributed by atoms with Crippen LogP contribution in [0.25, 0.3) is 41.8 Å². The summed E-state index contributed by atoms with van der Waals surface area (Å²) in [4.78, 5) is 4.98. The molecule has 0 spiro atoms. The van der Waals surface area contributed by atoms with Gasteiger partial charge in [0.25, 0.3) is 0 Å². The van der Waals surface area contributed by atoms with Gasteiger partial charge in [0.2, 0.25) is 0 Å².